The summed E-state index contributed by atoms with van der Waals surface area (Å²) in [5, 5.41) is 3.81. The van der Waals surface area contributed by atoms with Gasteiger partial charge in [0, 0.05) is 13.0 Å². The molecule has 0 fully saturated rings. The zero-order valence-electron chi connectivity index (χ0n) is 14.0. The van der Waals surface area contributed by atoms with Crippen LogP contribution >= 0.6 is 11.3 Å². The highest BCUT2D eigenvalue weighted by atomic mass is 32.1. The molecule has 0 aliphatic heterocycles. The summed E-state index contributed by atoms with van der Waals surface area (Å²) in [6.07, 6.45) is 1.40. The van der Waals surface area contributed by atoms with Gasteiger partial charge >= 0.3 is 0 Å². The first-order valence-corrected chi connectivity index (χ1v) is 8.96. The van der Waals surface area contributed by atoms with Crippen molar-refractivity contribution in [2.24, 2.45) is 0 Å². The van der Waals surface area contributed by atoms with E-state index in [1.165, 1.54) is 29.0 Å². The molecule has 25 heavy (non-hydrogen) atoms. The van der Waals surface area contributed by atoms with Crippen LogP contribution in [-0.4, -0.2) is 17.4 Å². The van der Waals surface area contributed by atoms with Crippen molar-refractivity contribution in [1.29, 1.82) is 0 Å². The van der Waals surface area contributed by atoms with Crippen LogP contribution in [0.3, 0.4) is 0 Å². The molecule has 3 aromatic rings. The highest BCUT2D eigenvalue weighted by Crippen LogP contribution is 2.21. The zero-order chi connectivity index (χ0) is 17.6. The van der Waals surface area contributed by atoms with E-state index in [0.29, 0.717) is 17.8 Å². The van der Waals surface area contributed by atoms with Gasteiger partial charge in [-0.3, -0.25) is 4.79 Å². The molecule has 0 aliphatic rings. The SMILES string of the molecule is Cc1nc(Cc2ccc(F)cc2)sc1C(=O)NCCc1ccccc1. The largest absolute Gasteiger partial charge is 0.351 e. The molecule has 0 saturated carbocycles. The second-order valence-electron chi connectivity index (χ2n) is 5.82. The Hall–Kier alpha value is -2.53. The fraction of sp³-hybridized carbons (Fsp3) is 0.200. The van der Waals surface area contributed by atoms with Crippen LogP contribution in [0, 0.1) is 12.7 Å². The first-order valence-electron chi connectivity index (χ1n) is 8.14. The van der Waals surface area contributed by atoms with Crippen LogP contribution in [0.5, 0.6) is 0 Å². The predicted molar refractivity (Wildman–Crippen MR) is 98.5 cm³/mol. The maximum absolute atomic E-state index is 13.0. The summed E-state index contributed by atoms with van der Waals surface area (Å²) in [6, 6.07) is 16.4. The standard InChI is InChI=1S/C20H19FN2OS/c1-14-19(20(24)22-12-11-15-5-3-2-4-6-15)25-18(23-14)13-16-7-9-17(21)10-8-16/h2-10H,11-13H2,1H3,(H,22,24). The van der Waals surface area contributed by atoms with E-state index in [-0.39, 0.29) is 11.7 Å². The van der Waals surface area contributed by atoms with Crippen molar-refractivity contribution in [3.63, 3.8) is 0 Å². The van der Waals surface area contributed by atoms with Gasteiger partial charge in [0.2, 0.25) is 0 Å². The fourth-order valence-corrected chi connectivity index (χ4v) is 3.58. The van der Waals surface area contributed by atoms with E-state index < -0.39 is 0 Å². The Kier molecular flexibility index (Phi) is 5.56. The lowest BCUT2D eigenvalue weighted by Gasteiger charge is -2.04. The zero-order valence-corrected chi connectivity index (χ0v) is 14.8. The monoisotopic (exact) mass is 354 g/mol. The quantitative estimate of drug-likeness (QED) is 0.722. The van der Waals surface area contributed by atoms with Crippen LogP contribution in [0.4, 0.5) is 4.39 Å². The summed E-state index contributed by atoms with van der Waals surface area (Å²) >= 11 is 1.40. The molecule has 0 atom stereocenters. The average Bonchev–Trinajstić information content (AvgIpc) is 2.98. The number of carbonyl (C=O) groups excluding carboxylic acids is 1. The molecule has 2 aromatic carbocycles. The molecule has 0 unspecified atom stereocenters. The van der Waals surface area contributed by atoms with Crippen molar-refractivity contribution in [1.82, 2.24) is 10.3 Å². The molecule has 3 rings (SSSR count). The molecule has 0 aliphatic carbocycles. The van der Waals surface area contributed by atoms with Crippen molar-refractivity contribution in [2.75, 3.05) is 6.54 Å². The minimum absolute atomic E-state index is 0.0868. The molecule has 0 saturated heterocycles. The van der Waals surface area contributed by atoms with Gasteiger partial charge in [0.05, 0.1) is 10.7 Å². The van der Waals surface area contributed by atoms with E-state index in [4.69, 9.17) is 0 Å². The summed E-state index contributed by atoms with van der Waals surface area (Å²) in [4.78, 5) is 17.5. The maximum Gasteiger partial charge on any atom is 0.263 e. The number of hydrogen-bond acceptors (Lipinski definition) is 3. The molecule has 3 nitrogen and oxygen atoms in total. The number of aromatic nitrogens is 1. The summed E-state index contributed by atoms with van der Waals surface area (Å²) in [5.41, 5.74) is 2.91. The lowest BCUT2D eigenvalue weighted by Crippen LogP contribution is -2.25. The second kappa shape index (κ2) is 8.03. The van der Waals surface area contributed by atoms with Gasteiger partial charge < -0.3 is 5.32 Å². The van der Waals surface area contributed by atoms with Gasteiger partial charge in [0.15, 0.2) is 0 Å². The molecule has 5 heteroatoms. The van der Waals surface area contributed by atoms with Crippen LogP contribution in [0.2, 0.25) is 0 Å². The lowest BCUT2D eigenvalue weighted by atomic mass is 10.1. The Morgan fingerprint density at radius 1 is 1.08 bits per heavy atom. The summed E-state index contributed by atoms with van der Waals surface area (Å²) < 4.78 is 13.0. The number of nitrogens with zero attached hydrogens (tertiary/aromatic N) is 1. The Labute approximate surface area is 150 Å². The normalized spacial score (nSPS) is 10.6. The number of thiazole rings is 1. The molecular formula is C20H19FN2OS. The summed E-state index contributed by atoms with van der Waals surface area (Å²) in [7, 11) is 0. The first-order chi connectivity index (χ1) is 12.1. The molecule has 0 radical (unpaired) electrons. The van der Waals surface area contributed by atoms with E-state index in [2.05, 4.69) is 10.3 Å². The van der Waals surface area contributed by atoms with Crippen molar-refractivity contribution >= 4 is 17.2 Å². The van der Waals surface area contributed by atoms with Gasteiger partial charge in [0.1, 0.15) is 10.7 Å². The lowest BCUT2D eigenvalue weighted by molar-refractivity contribution is 0.0957. The third-order valence-electron chi connectivity index (χ3n) is 3.86. The topological polar surface area (TPSA) is 42.0 Å². The molecule has 1 heterocycles. The highest BCUT2D eigenvalue weighted by molar-refractivity contribution is 7.13. The van der Waals surface area contributed by atoms with Gasteiger partial charge in [-0.25, -0.2) is 9.37 Å². The minimum Gasteiger partial charge on any atom is -0.351 e. The Morgan fingerprint density at radius 3 is 2.52 bits per heavy atom. The van der Waals surface area contributed by atoms with Crippen molar-refractivity contribution in [3.8, 4) is 0 Å². The van der Waals surface area contributed by atoms with Crippen LogP contribution in [-0.2, 0) is 12.8 Å². The van der Waals surface area contributed by atoms with E-state index in [0.717, 1.165) is 22.7 Å². The number of carbonyl (C=O) groups is 1. The van der Waals surface area contributed by atoms with Crippen molar-refractivity contribution in [2.45, 2.75) is 19.8 Å². The smallest absolute Gasteiger partial charge is 0.263 e. The maximum atomic E-state index is 13.0. The third kappa shape index (κ3) is 4.73. The van der Waals surface area contributed by atoms with Crippen molar-refractivity contribution in [3.05, 3.63) is 87.1 Å². The van der Waals surface area contributed by atoms with E-state index in [9.17, 15) is 9.18 Å². The number of aryl methyl sites for hydroxylation is 1. The molecule has 0 spiro atoms. The van der Waals surface area contributed by atoms with Crippen LogP contribution in [0.25, 0.3) is 0 Å². The first kappa shape index (κ1) is 17.3. The van der Waals surface area contributed by atoms with Gasteiger partial charge in [-0.15, -0.1) is 11.3 Å². The summed E-state index contributed by atoms with van der Waals surface area (Å²) in [5.74, 6) is -0.339. The van der Waals surface area contributed by atoms with Crippen LogP contribution < -0.4 is 5.32 Å². The van der Waals surface area contributed by atoms with Gasteiger partial charge in [0.25, 0.3) is 5.91 Å². The number of nitrogens with one attached hydrogen (secondary N) is 1. The molecule has 0 bridgehead atoms. The van der Waals surface area contributed by atoms with Crippen LogP contribution in [0.15, 0.2) is 54.6 Å². The van der Waals surface area contributed by atoms with E-state index >= 15 is 0 Å². The summed E-state index contributed by atoms with van der Waals surface area (Å²) in [6.45, 7) is 2.43. The molecule has 1 aromatic heterocycles. The molecule has 1 amide bonds. The predicted octanol–water partition coefficient (Wildman–Crippen LogP) is 4.15. The number of amides is 1. The Balaban J connectivity index is 1.59. The molecule has 1 N–H and O–H groups in total. The highest BCUT2D eigenvalue weighted by Gasteiger charge is 2.15. The van der Waals surface area contributed by atoms with Gasteiger partial charge in [-0.1, -0.05) is 42.5 Å². The second-order valence-corrected chi connectivity index (χ2v) is 6.90. The number of benzene rings is 2. The van der Waals surface area contributed by atoms with Crippen LogP contribution in [0.1, 0.15) is 31.5 Å². The number of hydrogen-bond donors (Lipinski definition) is 1. The van der Waals surface area contributed by atoms with Gasteiger partial charge in [-0.2, -0.15) is 0 Å². The van der Waals surface area contributed by atoms with Gasteiger partial charge in [-0.05, 0) is 36.6 Å². The fourth-order valence-electron chi connectivity index (χ4n) is 2.56. The Bertz CT molecular complexity index is 844. The minimum atomic E-state index is -0.252. The number of rotatable bonds is 6. The average molecular weight is 354 g/mol. The Morgan fingerprint density at radius 2 is 1.80 bits per heavy atom. The van der Waals surface area contributed by atoms with E-state index in [1.807, 2.05) is 37.3 Å². The third-order valence-corrected chi connectivity index (χ3v) is 5.01. The van der Waals surface area contributed by atoms with Crippen molar-refractivity contribution < 1.29 is 9.18 Å². The number of halogens is 1. The molecule has 128 valence electrons. The van der Waals surface area contributed by atoms with E-state index in [1.54, 1.807) is 12.1 Å². The molecular weight excluding hydrogens is 335 g/mol.